The molecule has 1 aromatic heterocycles. The van der Waals surface area contributed by atoms with Crippen molar-refractivity contribution in [2.24, 2.45) is 0 Å². The maximum atomic E-state index is 11.9. The zero-order valence-corrected chi connectivity index (χ0v) is 11.5. The summed E-state index contributed by atoms with van der Waals surface area (Å²) in [7, 11) is 0. The van der Waals surface area contributed by atoms with Gasteiger partial charge in [-0.3, -0.25) is 9.78 Å². The highest BCUT2D eigenvalue weighted by Gasteiger charge is 2.07. The van der Waals surface area contributed by atoms with Gasteiger partial charge in [0, 0.05) is 17.1 Å². The van der Waals surface area contributed by atoms with E-state index in [2.05, 4.69) is 24.1 Å². The van der Waals surface area contributed by atoms with Crippen LogP contribution in [-0.4, -0.2) is 23.4 Å². The van der Waals surface area contributed by atoms with E-state index in [1.165, 1.54) is 0 Å². The molecular formula is C16H20N2O. The number of aromatic nitrogens is 1. The SMILES string of the molecule is CCC(C)NCC(=O)Cc1ccc2ccccc2n1. The van der Waals surface area contributed by atoms with Crippen molar-refractivity contribution in [1.82, 2.24) is 10.3 Å². The van der Waals surface area contributed by atoms with E-state index in [1.54, 1.807) is 0 Å². The number of carbonyl (C=O) groups is 1. The van der Waals surface area contributed by atoms with Gasteiger partial charge in [0.2, 0.25) is 0 Å². The monoisotopic (exact) mass is 256 g/mol. The Labute approximate surface area is 114 Å². The van der Waals surface area contributed by atoms with Gasteiger partial charge < -0.3 is 5.32 Å². The lowest BCUT2D eigenvalue weighted by Crippen LogP contribution is -2.31. The summed E-state index contributed by atoms with van der Waals surface area (Å²) >= 11 is 0. The second-order valence-corrected chi connectivity index (χ2v) is 4.90. The van der Waals surface area contributed by atoms with Gasteiger partial charge in [0.1, 0.15) is 0 Å². The van der Waals surface area contributed by atoms with Crippen LogP contribution in [0, 0.1) is 0 Å². The van der Waals surface area contributed by atoms with Crippen molar-refractivity contribution >= 4 is 16.7 Å². The number of Topliss-reactive ketones (excluding diaryl/α,β-unsaturated/α-hetero) is 1. The molecule has 1 atom stereocenters. The number of benzene rings is 1. The second kappa shape index (κ2) is 6.43. The third-order valence-electron chi connectivity index (χ3n) is 3.29. The highest BCUT2D eigenvalue weighted by atomic mass is 16.1. The van der Waals surface area contributed by atoms with Gasteiger partial charge in [0.05, 0.1) is 18.5 Å². The predicted octanol–water partition coefficient (Wildman–Crippen LogP) is 2.73. The fourth-order valence-electron chi connectivity index (χ4n) is 1.90. The molecule has 0 saturated carbocycles. The van der Waals surface area contributed by atoms with Crippen LogP contribution in [0.2, 0.25) is 0 Å². The largest absolute Gasteiger partial charge is 0.307 e. The van der Waals surface area contributed by atoms with Crippen molar-refractivity contribution in [3.05, 3.63) is 42.1 Å². The van der Waals surface area contributed by atoms with Gasteiger partial charge in [-0.15, -0.1) is 0 Å². The van der Waals surface area contributed by atoms with E-state index in [0.29, 0.717) is 19.0 Å². The van der Waals surface area contributed by atoms with Gasteiger partial charge in [-0.2, -0.15) is 0 Å². The fraction of sp³-hybridized carbons (Fsp3) is 0.375. The molecule has 0 spiro atoms. The standard InChI is InChI=1S/C16H20N2O/c1-3-12(2)17-11-15(19)10-14-9-8-13-6-4-5-7-16(13)18-14/h4-9,12,17H,3,10-11H2,1-2H3. The van der Waals surface area contributed by atoms with Crippen LogP contribution in [0.5, 0.6) is 0 Å². The number of ketones is 1. The number of para-hydroxylation sites is 1. The van der Waals surface area contributed by atoms with Gasteiger partial charge >= 0.3 is 0 Å². The number of nitrogens with one attached hydrogen (secondary N) is 1. The molecule has 100 valence electrons. The Morgan fingerprint density at radius 3 is 2.84 bits per heavy atom. The van der Waals surface area contributed by atoms with E-state index in [9.17, 15) is 4.79 Å². The lowest BCUT2D eigenvalue weighted by molar-refractivity contribution is -0.117. The normalized spacial score (nSPS) is 12.5. The first kappa shape index (κ1) is 13.7. The molecule has 0 radical (unpaired) electrons. The maximum Gasteiger partial charge on any atom is 0.152 e. The van der Waals surface area contributed by atoms with Crippen LogP contribution in [0.1, 0.15) is 26.0 Å². The second-order valence-electron chi connectivity index (χ2n) is 4.90. The van der Waals surface area contributed by atoms with Crippen LogP contribution in [0.25, 0.3) is 10.9 Å². The summed E-state index contributed by atoms with van der Waals surface area (Å²) in [5.41, 5.74) is 1.79. The summed E-state index contributed by atoms with van der Waals surface area (Å²) in [5, 5.41) is 4.32. The summed E-state index contributed by atoms with van der Waals surface area (Å²) in [6.45, 7) is 4.61. The van der Waals surface area contributed by atoms with Crippen molar-refractivity contribution in [2.75, 3.05) is 6.54 Å². The Morgan fingerprint density at radius 2 is 2.05 bits per heavy atom. The third-order valence-corrected chi connectivity index (χ3v) is 3.29. The number of fused-ring (bicyclic) bond motifs is 1. The smallest absolute Gasteiger partial charge is 0.152 e. The lowest BCUT2D eigenvalue weighted by Gasteiger charge is -2.10. The molecule has 0 fully saturated rings. The Balaban J connectivity index is 1.99. The zero-order valence-electron chi connectivity index (χ0n) is 11.5. The maximum absolute atomic E-state index is 11.9. The Kier molecular flexibility index (Phi) is 4.63. The van der Waals surface area contributed by atoms with E-state index in [4.69, 9.17) is 0 Å². The number of hydrogen-bond acceptors (Lipinski definition) is 3. The minimum absolute atomic E-state index is 0.183. The minimum Gasteiger partial charge on any atom is -0.307 e. The van der Waals surface area contributed by atoms with E-state index in [0.717, 1.165) is 23.0 Å². The Morgan fingerprint density at radius 1 is 1.26 bits per heavy atom. The summed E-state index contributed by atoms with van der Waals surface area (Å²) in [5.74, 6) is 0.183. The summed E-state index contributed by atoms with van der Waals surface area (Å²) < 4.78 is 0. The molecule has 1 aromatic carbocycles. The molecular weight excluding hydrogens is 236 g/mol. The Bertz CT molecular complexity index is 565. The van der Waals surface area contributed by atoms with E-state index in [-0.39, 0.29) is 5.78 Å². The van der Waals surface area contributed by atoms with Crippen molar-refractivity contribution in [3.8, 4) is 0 Å². The molecule has 0 aliphatic rings. The molecule has 19 heavy (non-hydrogen) atoms. The highest BCUT2D eigenvalue weighted by molar-refractivity contribution is 5.84. The molecule has 0 aliphatic carbocycles. The number of carbonyl (C=O) groups excluding carboxylic acids is 1. The number of pyridine rings is 1. The first-order valence-electron chi connectivity index (χ1n) is 6.78. The topological polar surface area (TPSA) is 42.0 Å². The zero-order chi connectivity index (χ0) is 13.7. The average Bonchev–Trinajstić information content (AvgIpc) is 2.44. The van der Waals surface area contributed by atoms with Crippen LogP contribution in [0.15, 0.2) is 36.4 Å². The van der Waals surface area contributed by atoms with Crippen LogP contribution >= 0.6 is 0 Å². The molecule has 0 aliphatic heterocycles. The van der Waals surface area contributed by atoms with E-state index < -0.39 is 0 Å². The van der Waals surface area contributed by atoms with Gasteiger partial charge in [-0.1, -0.05) is 31.2 Å². The number of rotatable bonds is 6. The minimum atomic E-state index is 0.183. The summed E-state index contributed by atoms with van der Waals surface area (Å²) in [6.07, 6.45) is 1.43. The van der Waals surface area contributed by atoms with Crippen molar-refractivity contribution < 1.29 is 4.79 Å². The first-order valence-corrected chi connectivity index (χ1v) is 6.78. The van der Waals surface area contributed by atoms with Gasteiger partial charge in [-0.25, -0.2) is 0 Å². The molecule has 0 bridgehead atoms. The van der Waals surface area contributed by atoms with Gasteiger partial charge in [0.25, 0.3) is 0 Å². The van der Waals surface area contributed by atoms with Crippen molar-refractivity contribution in [2.45, 2.75) is 32.7 Å². The van der Waals surface area contributed by atoms with Crippen molar-refractivity contribution in [3.63, 3.8) is 0 Å². The van der Waals surface area contributed by atoms with Gasteiger partial charge in [0.15, 0.2) is 5.78 Å². The molecule has 2 rings (SSSR count). The Hall–Kier alpha value is -1.74. The summed E-state index contributed by atoms with van der Waals surface area (Å²) in [6, 6.07) is 12.3. The molecule has 3 heteroatoms. The highest BCUT2D eigenvalue weighted by Crippen LogP contribution is 2.12. The van der Waals surface area contributed by atoms with Gasteiger partial charge in [-0.05, 0) is 25.5 Å². The third kappa shape index (κ3) is 3.86. The molecule has 3 nitrogen and oxygen atoms in total. The lowest BCUT2D eigenvalue weighted by atomic mass is 10.1. The van der Waals surface area contributed by atoms with Crippen LogP contribution in [-0.2, 0) is 11.2 Å². The number of nitrogens with zero attached hydrogens (tertiary/aromatic N) is 1. The molecule has 1 unspecified atom stereocenters. The van der Waals surface area contributed by atoms with E-state index >= 15 is 0 Å². The van der Waals surface area contributed by atoms with Crippen LogP contribution in [0.3, 0.4) is 0 Å². The molecule has 1 heterocycles. The molecule has 1 N–H and O–H groups in total. The number of hydrogen-bond donors (Lipinski definition) is 1. The molecule has 2 aromatic rings. The first-order chi connectivity index (χ1) is 9.19. The van der Waals surface area contributed by atoms with E-state index in [1.807, 2.05) is 36.4 Å². The van der Waals surface area contributed by atoms with Crippen LogP contribution < -0.4 is 5.32 Å². The predicted molar refractivity (Wildman–Crippen MR) is 78.2 cm³/mol. The summed E-state index contributed by atoms with van der Waals surface area (Å²) in [4.78, 5) is 16.4. The molecule has 0 saturated heterocycles. The quantitative estimate of drug-likeness (QED) is 0.864. The van der Waals surface area contributed by atoms with Crippen molar-refractivity contribution in [1.29, 1.82) is 0 Å². The fourth-order valence-corrected chi connectivity index (χ4v) is 1.90. The average molecular weight is 256 g/mol. The van der Waals surface area contributed by atoms with Crippen LogP contribution in [0.4, 0.5) is 0 Å². The molecule has 0 amide bonds.